The summed E-state index contributed by atoms with van der Waals surface area (Å²) in [6, 6.07) is 7.13. The van der Waals surface area contributed by atoms with E-state index in [9.17, 15) is 9.18 Å². The standard InChI is InChI=1S/C14H12ClFN2O2/c1-8-11(5-6-13(15)17-8)18-14(19)9-3-4-10(16)12(7-9)20-2/h3-7H,1-2H3,(H,18,19). The van der Waals surface area contributed by atoms with Crippen LogP contribution in [0.15, 0.2) is 30.3 Å². The smallest absolute Gasteiger partial charge is 0.255 e. The Morgan fingerprint density at radius 3 is 2.75 bits per heavy atom. The number of hydrogen-bond donors (Lipinski definition) is 1. The van der Waals surface area contributed by atoms with Gasteiger partial charge in [-0.15, -0.1) is 0 Å². The second-order valence-corrected chi connectivity index (χ2v) is 4.46. The molecule has 0 atom stereocenters. The van der Waals surface area contributed by atoms with Crippen molar-refractivity contribution in [1.29, 1.82) is 0 Å². The summed E-state index contributed by atoms with van der Waals surface area (Å²) in [5.41, 5.74) is 1.43. The number of methoxy groups -OCH3 is 1. The second-order valence-electron chi connectivity index (χ2n) is 4.07. The van der Waals surface area contributed by atoms with E-state index in [4.69, 9.17) is 16.3 Å². The fourth-order valence-corrected chi connectivity index (χ4v) is 1.85. The summed E-state index contributed by atoms with van der Waals surface area (Å²) in [5.74, 6) is -0.882. The number of nitrogens with one attached hydrogen (secondary N) is 1. The number of ether oxygens (including phenoxy) is 1. The molecule has 0 fully saturated rings. The molecule has 0 saturated heterocycles. The molecule has 1 N–H and O–H groups in total. The third-order valence-electron chi connectivity index (χ3n) is 2.71. The van der Waals surface area contributed by atoms with Crippen LogP contribution in [-0.4, -0.2) is 18.0 Å². The molecule has 0 aliphatic rings. The lowest BCUT2D eigenvalue weighted by Crippen LogP contribution is -2.13. The summed E-state index contributed by atoms with van der Waals surface area (Å²) < 4.78 is 18.1. The van der Waals surface area contributed by atoms with Gasteiger partial charge in [-0.25, -0.2) is 9.37 Å². The Kier molecular flexibility index (Phi) is 4.20. The molecule has 2 aromatic rings. The van der Waals surface area contributed by atoms with Crippen molar-refractivity contribution < 1.29 is 13.9 Å². The Morgan fingerprint density at radius 1 is 1.35 bits per heavy atom. The monoisotopic (exact) mass is 294 g/mol. The highest BCUT2D eigenvalue weighted by atomic mass is 35.5. The summed E-state index contributed by atoms with van der Waals surface area (Å²) in [6.07, 6.45) is 0. The minimum absolute atomic E-state index is 0.0172. The van der Waals surface area contributed by atoms with Crippen molar-refractivity contribution in [2.24, 2.45) is 0 Å². The molecule has 0 spiro atoms. The van der Waals surface area contributed by atoms with Crippen molar-refractivity contribution in [3.63, 3.8) is 0 Å². The van der Waals surface area contributed by atoms with E-state index >= 15 is 0 Å². The summed E-state index contributed by atoms with van der Waals surface area (Å²) >= 11 is 5.75. The van der Waals surface area contributed by atoms with E-state index in [1.165, 1.54) is 25.3 Å². The number of halogens is 2. The second kappa shape index (κ2) is 5.88. The topological polar surface area (TPSA) is 51.2 Å². The Hall–Kier alpha value is -2.14. The lowest BCUT2D eigenvalue weighted by Gasteiger charge is -2.09. The van der Waals surface area contributed by atoms with Crippen LogP contribution >= 0.6 is 11.6 Å². The van der Waals surface area contributed by atoms with E-state index in [0.29, 0.717) is 16.5 Å². The van der Waals surface area contributed by atoms with Crippen LogP contribution in [0.4, 0.5) is 10.1 Å². The largest absolute Gasteiger partial charge is 0.494 e. The van der Waals surface area contributed by atoms with Gasteiger partial charge in [-0.3, -0.25) is 4.79 Å². The van der Waals surface area contributed by atoms with Crippen LogP contribution in [0.1, 0.15) is 16.1 Å². The first-order valence-electron chi connectivity index (χ1n) is 5.79. The zero-order valence-corrected chi connectivity index (χ0v) is 11.7. The maximum atomic E-state index is 13.3. The normalized spacial score (nSPS) is 10.2. The third-order valence-corrected chi connectivity index (χ3v) is 2.92. The summed E-state index contributed by atoms with van der Waals surface area (Å²) in [4.78, 5) is 16.1. The van der Waals surface area contributed by atoms with Gasteiger partial charge in [0.2, 0.25) is 0 Å². The maximum absolute atomic E-state index is 13.3. The van der Waals surface area contributed by atoms with Crippen molar-refractivity contribution >= 4 is 23.2 Å². The molecule has 0 bridgehead atoms. The van der Waals surface area contributed by atoms with Gasteiger partial charge in [0, 0.05) is 5.56 Å². The number of aromatic nitrogens is 1. The molecule has 0 aliphatic heterocycles. The van der Waals surface area contributed by atoms with Gasteiger partial charge in [0.05, 0.1) is 18.5 Å². The minimum atomic E-state index is -0.520. The first kappa shape index (κ1) is 14.3. The van der Waals surface area contributed by atoms with Crippen LogP contribution in [0, 0.1) is 12.7 Å². The van der Waals surface area contributed by atoms with Gasteiger partial charge >= 0.3 is 0 Å². The lowest BCUT2D eigenvalue weighted by molar-refractivity contribution is 0.102. The highest BCUT2D eigenvalue weighted by Gasteiger charge is 2.12. The number of hydrogen-bond acceptors (Lipinski definition) is 3. The van der Waals surface area contributed by atoms with E-state index in [0.717, 1.165) is 0 Å². The van der Waals surface area contributed by atoms with Crippen molar-refractivity contribution in [3.05, 3.63) is 52.6 Å². The fraction of sp³-hybridized carbons (Fsp3) is 0.143. The van der Waals surface area contributed by atoms with E-state index < -0.39 is 5.82 Å². The number of nitrogens with zero attached hydrogens (tertiary/aromatic N) is 1. The molecule has 1 aromatic heterocycles. The number of benzene rings is 1. The lowest BCUT2D eigenvalue weighted by atomic mass is 10.2. The predicted molar refractivity (Wildman–Crippen MR) is 74.9 cm³/mol. The van der Waals surface area contributed by atoms with Gasteiger partial charge in [-0.05, 0) is 37.3 Å². The predicted octanol–water partition coefficient (Wildman–Crippen LogP) is 3.44. The van der Waals surface area contributed by atoms with Gasteiger partial charge < -0.3 is 10.1 Å². The molecule has 0 saturated carbocycles. The summed E-state index contributed by atoms with van der Waals surface area (Å²) in [5, 5.41) is 3.04. The fourth-order valence-electron chi connectivity index (χ4n) is 1.66. The molecule has 1 heterocycles. The van der Waals surface area contributed by atoms with Crippen molar-refractivity contribution in [2.45, 2.75) is 6.92 Å². The molecule has 6 heteroatoms. The number of pyridine rings is 1. The Balaban J connectivity index is 2.24. The van der Waals surface area contributed by atoms with Gasteiger partial charge in [0.25, 0.3) is 5.91 Å². The average molecular weight is 295 g/mol. The molecule has 4 nitrogen and oxygen atoms in total. The first-order chi connectivity index (χ1) is 9.51. The average Bonchev–Trinajstić information content (AvgIpc) is 2.42. The number of carbonyl (C=O) groups is 1. The zero-order chi connectivity index (χ0) is 14.7. The molecule has 20 heavy (non-hydrogen) atoms. The molecule has 0 aliphatic carbocycles. The van der Waals surface area contributed by atoms with Crippen LogP contribution in [0.5, 0.6) is 5.75 Å². The summed E-state index contributed by atoms with van der Waals surface area (Å²) in [7, 11) is 1.34. The van der Waals surface area contributed by atoms with Gasteiger partial charge in [-0.2, -0.15) is 0 Å². The molecule has 1 amide bonds. The molecular weight excluding hydrogens is 283 g/mol. The van der Waals surface area contributed by atoms with Crippen LogP contribution in [0.25, 0.3) is 0 Å². The van der Waals surface area contributed by atoms with Gasteiger partial charge in [0.15, 0.2) is 11.6 Å². The van der Waals surface area contributed by atoms with E-state index in [1.807, 2.05) is 0 Å². The van der Waals surface area contributed by atoms with Crippen LogP contribution in [-0.2, 0) is 0 Å². The number of anilines is 1. The molecule has 2 rings (SSSR count). The number of amides is 1. The van der Waals surface area contributed by atoms with Gasteiger partial charge in [-0.1, -0.05) is 11.6 Å². The highest BCUT2D eigenvalue weighted by Crippen LogP contribution is 2.20. The Morgan fingerprint density at radius 2 is 2.10 bits per heavy atom. The number of rotatable bonds is 3. The van der Waals surface area contributed by atoms with Crippen molar-refractivity contribution in [2.75, 3.05) is 12.4 Å². The SMILES string of the molecule is COc1cc(C(=O)Nc2ccc(Cl)nc2C)ccc1F. The van der Waals surface area contributed by atoms with Crippen molar-refractivity contribution in [1.82, 2.24) is 4.98 Å². The highest BCUT2D eigenvalue weighted by molar-refractivity contribution is 6.29. The number of carbonyl (C=O) groups excluding carboxylic acids is 1. The molecule has 0 unspecified atom stereocenters. The molecule has 0 radical (unpaired) electrons. The summed E-state index contributed by atoms with van der Waals surface area (Å²) in [6.45, 7) is 1.73. The van der Waals surface area contributed by atoms with E-state index in [-0.39, 0.29) is 17.2 Å². The maximum Gasteiger partial charge on any atom is 0.255 e. The van der Waals surface area contributed by atoms with Crippen LogP contribution in [0.2, 0.25) is 5.15 Å². The van der Waals surface area contributed by atoms with E-state index in [1.54, 1.807) is 19.1 Å². The minimum Gasteiger partial charge on any atom is -0.494 e. The zero-order valence-electron chi connectivity index (χ0n) is 10.9. The third kappa shape index (κ3) is 3.05. The van der Waals surface area contributed by atoms with Crippen molar-refractivity contribution in [3.8, 4) is 5.75 Å². The molecular formula is C14H12ClFN2O2. The Labute approximate surface area is 120 Å². The Bertz CT molecular complexity index is 662. The number of aryl methyl sites for hydroxylation is 1. The molecule has 104 valence electrons. The van der Waals surface area contributed by atoms with Crippen LogP contribution in [0.3, 0.4) is 0 Å². The first-order valence-corrected chi connectivity index (χ1v) is 6.17. The van der Waals surface area contributed by atoms with E-state index in [2.05, 4.69) is 10.3 Å². The molecule has 1 aromatic carbocycles. The quantitative estimate of drug-likeness (QED) is 0.882. The van der Waals surface area contributed by atoms with Gasteiger partial charge in [0.1, 0.15) is 5.15 Å². The van der Waals surface area contributed by atoms with Crippen LogP contribution < -0.4 is 10.1 Å².